The number of nitro benzene ring substituents is 1. The zero-order valence-electron chi connectivity index (χ0n) is 14.8. The highest BCUT2D eigenvalue weighted by Crippen LogP contribution is 2.23. The van der Waals surface area contributed by atoms with Crippen molar-refractivity contribution in [3.63, 3.8) is 0 Å². The van der Waals surface area contributed by atoms with E-state index in [0.29, 0.717) is 24.5 Å². The standard InChI is InChI=1S/C18H20N4O5/c1-2-21(11-12-27-13-18(23)24)16-7-3-14(4-8-16)19-20-15-5-9-17(10-6-15)22(25)26/h3-10H,2,11-13H2,1H3,(H,23,24). The van der Waals surface area contributed by atoms with Crippen LogP contribution in [-0.4, -0.2) is 42.3 Å². The maximum atomic E-state index is 10.6. The van der Waals surface area contributed by atoms with E-state index in [4.69, 9.17) is 9.84 Å². The highest BCUT2D eigenvalue weighted by molar-refractivity contribution is 5.68. The first-order valence-corrected chi connectivity index (χ1v) is 8.30. The molecule has 0 saturated carbocycles. The third kappa shape index (κ3) is 6.48. The van der Waals surface area contributed by atoms with Gasteiger partial charge >= 0.3 is 5.97 Å². The monoisotopic (exact) mass is 372 g/mol. The van der Waals surface area contributed by atoms with Crippen molar-refractivity contribution in [3.8, 4) is 0 Å². The zero-order chi connectivity index (χ0) is 19.6. The first-order valence-electron chi connectivity index (χ1n) is 8.30. The summed E-state index contributed by atoms with van der Waals surface area (Å²) in [6.07, 6.45) is 0. The molecule has 27 heavy (non-hydrogen) atoms. The number of aliphatic carboxylic acids is 1. The number of nitro groups is 1. The molecule has 142 valence electrons. The van der Waals surface area contributed by atoms with Gasteiger partial charge in [-0.1, -0.05) is 0 Å². The normalized spacial score (nSPS) is 10.9. The van der Waals surface area contributed by atoms with Gasteiger partial charge < -0.3 is 14.7 Å². The van der Waals surface area contributed by atoms with Gasteiger partial charge in [-0.05, 0) is 43.3 Å². The van der Waals surface area contributed by atoms with Gasteiger partial charge in [0, 0.05) is 30.9 Å². The summed E-state index contributed by atoms with van der Waals surface area (Å²) in [7, 11) is 0. The average Bonchev–Trinajstić information content (AvgIpc) is 2.67. The number of anilines is 1. The number of hydrogen-bond donors (Lipinski definition) is 1. The summed E-state index contributed by atoms with van der Waals surface area (Å²) in [5, 5.41) is 27.4. The Morgan fingerprint density at radius 3 is 2.15 bits per heavy atom. The second-order valence-corrected chi connectivity index (χ2v) is 5.52. The van der Waals surface area contributed by atoms with Gasteiger partial charge in [-0.25, -0.2) is 4.79 Å². The maximum absolute atomic E-state index is 10.6. The lowest BCUT2D eigenvalue weighted by molar-refractivity contribution is -0.384. The molecule has 0 spiro atoms. The first-order chi connectivity index (χ1) is 13.0. The van der Waals surface area contributed by atoms with Gasteiger partial charge in [-0.2, -0.15) is 10.2 Å². The lowest BCUT2D eigenvalue weighted by Crippen LogP contribution is -2.27. The number of likely N-dealkylation sites (N-methyl/N-ethyl adjacent to an activating group) is 1. The molecule has 0 unspecified atom stereocenters. The number of benzene rings is 2. The smallest absolute Gasteiger partial charge is 0.329 e. The Balaban J connectivity index is 1.94. The maximum Gasteiger partial charge on any atom is 0.329 e. The molecule has 2 aromatic rings. The molecule has 0 aliphatic rings. The molecule has 0 bridgehead atoms. The summed E-state index contributed by atoms with van der Waals surface area (Å²) in [6.45, 7) is 3.34. The van der Waals surface area contributed by atoms with Gasteiger partial charge in [0.25, 0.3) is 5.69 Å². The van der Waals surface area contributed by atoms with Crippen LogP contribution in [0.2, 0.25) is 0 Å². The van der Waals surface area contributed by atoms with Crippen LogP contribution in [0, 0.1) is 10.1 Å². The Morgan fingerprint density at radius 2 is 1.67 bits per heavy atom. The van der Waals surface area contributed by atoms with Crippen LogP contribution in [-0.2, 0) is 9.53 Å². The lowest BCUT2D eigenvalue weighted by Gasteiger charge is -2.22. The fourth-order valence-electron chi connectivity index (χ4n) is 2.29. The molecule has 0 aliphatic heterocycles. The van der Waals surface area contributed by atoms with Crippen LogP contribution in [0.5, 0.6) is 0 Å². The van der Waals surface area contributed by atoms with Gasteiger partial charge in [0.1, 0.15) is 6.61 Å². The fraction of sp³-hybridized carbons (Fsp3) is 0.278. The average molecular weight is 372 g/mol. The second kappa shape index (κ2) is 9.97. The van der Waals surface area contributed by atoms with Crippen molar-refractivity contribution in [2.45, 2.75) is 6.92 Å². The molecule has 0 radical (unpaired) electrons. The molecular formula is C18H20N4O5. The molecular weight excluding hydrogens is 352 g/mol. The van der Waals surface area contributed by atoms with Crippen LogP contribution in [0.1, 0.15) is 6.92 Å². The summed E-state index contributed by atoms with van der Waals surface area (Å²) in [5.74, 6) is -0.985. The van der Waals surface area contributed by atoms with Gasteiger partial charge in [0.05, 0.1) is 22.9 Å². The van der Waals surface area contributed by atoms with Crippen LogP contribution in [0.15, 0.2) is 58.8 Å². The number of azo groups is 1. The minimum absolute atomic E-state index is 0.00490. The number of carboxylic acid groups (broad SMARTS) is 1. The van der Waals surface area contributed by atoms with Gasteiger partial charge in [-0.15, -0.1) is 0 Å². The van der Waals surface area contributed by atoms with Gasteiger partial charge in [0.15, 0.2) is 0 Å². The molecule has 0 aromatic heterocycles. The van der Waals surface area contributed by atoms with E-state index in [-0.39, 0.29) is 12.3 Å². The van der Waals surface area contributed by atoms with E-state index in [1.165, 1.54) is 24.3 Å². The summed E-state index contributed by atoms with van der Waals surface area (Å²) in [6, 6.07) is 13.2. The number of rotatable bonds is 10. The molecule has 0 atom stereocenters. The van der Waals surface area contributed by atoms with E-state index in [1.54, 1.807) is 0 Å². The SMILES string of the molecule is CCN(CCOCC(=O)O)c1ccc(N=Nc2ccc([N+](=O)[O-])cc2)cc1. The van der Waals surface area contributed by atoms with E-state index in [0.717, 1.165) is 12.2 Å². The highest BCUT2D eigenvalue weighted by Gasteiger charge is 2.06. The van der Waals surface area contributed by atoms with Crippen molar-refractivity contribution in [2.24, 2.45) is 10.2 Å². The van der Waals surface area contributed by atoms with Gasteiger partial charge in [-0.3, -0.25) is 10.1 Å². The summed E-state index contributed by atoms with van der Waals surface area (Å²) in [5.41, 5.74) is 2.14. The summed E-state index contributed by atoms with van der Waals surface area (Å²) in [4.78, 5) is 22.7. The van der Waals surface area contributed by atoms with E-state index in [1.807, 2.05) is 31.2 Å². The third-order valence-electron chi connectivity index (χ3n) is 3.67. The minimum Gasteiger partial charge on any atom is -0.480 e. The van der Waals surface area contributed by atoms with Crippen molar-refractivity contribution >= 4 is 28.7 Å². The van der Waals surface area contributed by atoms with Gasteiger partial charge in [0.2, 0.25) is 0 Å². The van der Waals surface area contributed by atoms with Crippen molar-refractivity contribution in [2.75, 3.05) is 31.2 Å². The zero-order valence-corrected chi connectivity index (χ0v) is 14.8. The number of ether oxygens (including phenoxy) is 1. The molecule has 9 nitrogen and oxygen atoms in total. The highest BCUT2D eigenvalue weighted by atomic mass is 16.6. The van der Waals surface area contributed by atoms with Crippen LogP contribution in [0.3, 0.4) is 0 Å². The molecule has 0 saturated heterocycles. The Hall–Kier alpha value is -3.33. The molecule has 2 rings (SSSR count). The van der Waals surface area contributed by atoms with E-state index < -0.39 is 10.9 Å². The lowest BCUT2D eigenvalue weighted by atomic mass is 10.2. The van der Waals surface area contributed by atoms with Crippen molar-refractivity contribution in [1.82, 2.24) is 0 Å². The molecule has 0 amide bonds. The van der Waals surface area contributed by atoms with E-state index in [9.17, 15) is 14.9 Å². The number of nitrogens with zero attached hydrogens (tertiary/aromatic N) is 4. The topological polar surface area (TPSA) is 118 Å². The number of carbonyl (C=O) groups is 1. The van der Waals surface area contributed by atoms with Crippen LogP contribution in [0.25, 0.3) is 0 Å². The Labute approximate surface area is 156 Å². The predicted molar refractivity (Wildman–Crippen MR) is 100 cm³/mol. The third-order valence-corrected chi connectivity index (χ3v) is 3.67. The van der Waals surface area contributed by atoms with E-state index >= 15 is 0 Å². The molecule has 0 heterocycles. The van der Waals surface area contributed by atoms with Crippen LogP contribution >= 0.6 is 0 Å². The quantitative estimate of drug-likeness (QED) is 0.292. The van der Waals surface area contributed by atoms with Crippen molar-refractivity contribution < 1.29 is 19.6 Å². The number of hydrogen-bond acceptors (Lipinski definition) is 7. The summed E-state index contributed by atoms with van der Waals surface area (Å²) >= 11 is 0. The number of non-ortho nitro benzene ring substituents is 1. The Morgan fingerprint density at radius 1 is 1.11 bits per heavy atom. The van der Waals surface area contributed by atoms with Crippen LogP contribution < -0.4 is 4.90 Å². The number of carboxylic acids is 1. The van der Waals surface area contributed by atoms with Crippen molar-refractivity contribution in [3.05, 3.63) is 58.6 Å². The van der Waals surface area contributed by atoms with Crippen LogP contribution in [0.4, 0.5) is 22.7 Å². The molecule has 0 fully saturated rings. The van der Waals surface area contributed by atoms with E-state index in [2.05, 4.69) is 15.1 Å². The first kappa shape index (κ1) is 20.0. The summed E-state index contributed by atoms with van der Waals surface area (Å²) < 4.78 is 5.07. The Kier molecular flexibility index (Phi) is 7.38. The molecule has 0 aliphatic carbocycles. The molecule has 1 N–H and O–H groups in total. The fourth-order valence-corrected chi connectivity index (χ4v) is 2.29. The molecule has 9 heteroatoms. The van der Waals surface area contributed by atoms with Crippen molar-refractivity contribution in [1.29, 1.82) is 0 Å². The second-order valence-electron chi connectivity index (χ2n) is 5.52. The molecule has 2 aromatic carbocycles. The Bertz CT molecular complexity index is 790. The minimum atomic E-state index is -0.985. The predicted octanol–water partition coefficient (Wildman–Crippen LogP) is 3.94. The largest absolute Gasteiger partial charge is 0.480 e.